The average molecular weight is 391 g/mol. The number of benzene rings is 3. The molecule has 0 aliphatic carbocycles. The van der Waals surface area contributed by atoms with Gasteiger partial charge in [0.05, 0.1) is 10.5 Å². The summed E-state index contributed by atoms with van der Waals surface area (Å²) in [5.74, 6) is -0.739. The Balaban J connectivity index is 1.68. The molecule has 0 aliphatic rings. The summed E-state index contributed by atoms with van der Waals surface area (Å²) in [4.78, 5) is 35.0. The van der Waals surface area contributed by atoms with E-state index in [4.69, 9.17) is 4.74 Å². The molecule has 0 atom stereocenters. The molecule has 0 saturated carbocycles. The van der Waals surface area contributed by atoms with Gasteiger partial charge in [0, 0.05) is 24.4 Å². The standard InChI is InChI=1S/C21H17N3O5/c1-22-18-12-7-15(13-19(18)24(27)28)21(26)29-17-10-8-16(9-11-17)23-20(25)14-5-3-2-4-6-14/h2-13,22H,1H3,(H,23,25). The summed E-state index contributed by atoms with van der Waals surface area (Å²) >= 11 is 0. The molecule has 3 rings (SSSR count). The molecule has 0 saturated heterocycles. The third kappa shape index (κ3) is 4.75. The van der Waals surface area contributed by atoms with Gasteiger partial charge in [-0.25, -0.2) is 4.79 Å². The summed E-state index contributed by atoms with van der Waals surface area (Å²) in [6, 6.07) is 19.0. The third-order valence-electron chi connectivity index (χ3n) is 4.06. The Bertz CT molecular complexity index is 1050. The summed E-state index contributed by atoms with van der Waals surface area (Å²) in [5.41, 5.74) is 1.19. The maximum absolute atomic E-state index is 12.3. The van der Waals surface area contributed by atoms with Crippen LogP contribution in [0.25, 0.3) is 0 Å². The van der Waals surface area contributed by atoms with Crippen LogP contribution in [0, 0.1) is 10.1 Å². The summed E-state index contributed by atoms with van der Waals surface area (Å²) in [6.45, 7) is 0. The molecule has 146 valence electrons. The van der Waals surface area contributed by atoms with E-state index in [1.54, 1.807) is 43.4 Å². The van der Waals surface area contributed by atoms with Crippen molar-refractivity contribution in [1.82, 2.24) is 0 Å². The minimum absolute atomic E-state index is 0.0529. The minimum Gasteiger partial charge on any atom is -0.423 e. The second-order valence-corrected chi connectivity index (χ2v) is 5.97. The Morgan fingerprint density at radius 3 is 2.24 bits per heavy atom. The maximum Gasteiger partial charge on any atom is 0.343 e. The molecule has 0 fully saturated rings. The Kier molecular flexibility index (Phi) is 5.84. The van der Waals surface area contributed by atoms with Crippen LogP contribution in [0.5, 0.6) is 5.75 Å². The summed E-state index contributed by atoms with van der Waals surface area (Å²) in [7, 11) is 1.55. The van der Waals surface area contributed by atoms with Crippen LogP contribution >= 0.6 is 0 Å². The number of nitrogens with one attached hydrogen (secondary N) is 2. The highest BCUT2D eigenvalue weighted by Crippen LogP contribution is 2.26. The molecule has 2 N–H and O–H groups in total. The zero-order valence-corrected chi connectivity index (χ0v) is 15.4. The molecular formula is C21H17N3O5. The molecular weight excluding hydrogens is 374 g/mol. The van der Waals surface area contributed by atoms with E-state index in [1.165, 1.54) is 24.3 Å². The van der Waals surface area contributed by atoms with Gasteiger partial charge in [0.2, 0.25) is 0 Å². The van der Waals surface area contributed by atoms with Crippen LogP contribution in [0.15, 0.2) is 72.8 Å². The van der Waals surface area contributed by atoms with Crippen molar-refractivity contribution in [2.45, 2.75) is 0 Å². The smallest absolute Gasteiger partial charge is 0.343 e. The maximum atomic E-state index is 12.3. The van der Waals surface area contributed by atoms with Crippen LogP contribution in [-0.4, -0.2) is 23.8 Å². The lowest BCUT2D eigenvalue weighted by atomic mass is 10.1. The molecule has 3 aromatic carbocycles. The largest absolute Gasteiger partial charge is 0.423 e. The molecule has 3 aromatic rings. The molecule has 0 spiro atoms. The Hall–Kier alpha value is -4.20. The van der Waals surface area contributed by atoms with Crippen molar-refractivity contribution in [3.63, 3.8) is 0 Å². The van der Waals surface area contributed by atoms with Gasteiger partial charge in [0.15, 0.2) is 0 Å². The first-order valence-corrected chi connectivity index (χ1v) is 8.63. The number of hydrogen-bond donors (Lipinski definition) is 2. The number of hydrogen-bond acceptors (Lipinski definition) is 6. The lowest BCUT2D eigenvalue weighted by molar-refractivity contribution is -0.384. The molecule has 1 amide bonds. The first-order chi connectivity index (χ1) is 14.0. The topological polar surface area (TPSA) is 111 Å². The molecule has 0 radical (unpaired) electrons. The van der Waals surface area contributed by atoms with Crippen molar-refractivity contribution < 1.29 is 19.2 Å². The van der Waals surface area contributed by atoms with Gasteiger partial charge in [-0.1, -0.05) is 18.2 Å². The Morgan fingerprint density at radius 2 is 1.62 bits per heavy atom. The van der Waals surface area contributed by atoms with E-state index in [9.17, 15) is 19.7 Å². The predicted molar refractivity (Wildman–Crippen MR) is 108 cm³/mol. The van der Waals surface area contributed by atoms with E-state index in [0.717, 1.165) is 6.07 Å². The fourth-order valence-corrected chi connectivity index (χ4v) is 2.59. The van der Waals surface area contributed by atoms with E-state index in [2.05, 4.69) is 10.6 Å². The van der Waals surface area contributed by atoms with Gasteiger partial charge in [0.25, 0.3) is 11.6 Å². The van der Waals surface area contributed by atoms with E-state index >= 15 is 0 Å². The molecule has 0 unspecified atom stereocenters. The summed E-state index contributed by atoms with van der Waals surface area (Å²) in [6.07, 6.45) is 0. The highest BCUT2D eigenvalue weighted by Gasteiger charge is 2.18. The van der Waals surface area contributed by atoms with Crippen LogP contribution in [0.2, 0.25) is 0 Å². The van der Waals surface area contributed by atoms with Crippen LogP contribution in [0.3, 0.4) is 0 Å². The minimum atomic E-state index is -0.725. The van der Waals surface area contributed by atoms with Crippen LogP contribution in [-0.2, 0) is 0 Å². The Labute approximate surface area is 166 Å². The number of nitro benzene ring substituents is 1. The van der Waals surface area contributed by atoms with Crippen molar-refractivity contribution in [3.05, 3.63) is 94.0 Å². The van der Waals surface area contributed by atoms with Crippen molar-refractivity contribution >= 4 is 28.9 Å². The van der Waals surface area contributed by atoms with E-state index in [0.29, 0.717) is 16.9 Å². The van der Waals surface area contributed by atoms with Gasteiger partial charge in [-0.15, -0.1) is 0 Å². The van der Waals surface area contributed by atoms with Gasteiger partial charge in [-0.3, -0.25) is 14.9 Å². The van der Waals surface area contributed by atoms with Crippen LogP contribution < -0.4 is 15.4 Å². The second-order valence-electron chi connectivity index (χ2n) is 5.97. The van der Waals surface area contributed by atoms with Gasteiger partial charge in [0.1, 0.15) is 11.4 Å². The van der Waals surface area contributed by atoms with Gasteiger partial charge < -0.3 is 15.4 Å². The average Bonchev–Trinajstić information content (AvgIpc) is 2.75. The number of carbonyl (C=O) groups is 2. The van der Waals surface area contributed by atoms with Gasteiger partial charge in [-0.05, 0) is 48.5 Å². The van der Waals surface area contributed by atoms with Crippen molar-refractivity contribution in [2.75, 3.05) is 17.7 Å². The highest BCUT2D eigenvalue weighted by atomic mass is 16.6. The van der Waals surface area contributed by atoms with E-state index in [-0.39, 0.29) is 22.9 Å². The summed E-state index contributed by atoms with van der Waals surface area (Å²) in [5, 5.41) is 16.6. The molecule has 0 aromatic heterocycles. The third-order valence-corrected chi connectivity index (χ3v) is 4.06. The molecule has 8 nitrogen and oxygen atoms in total. The van der Waals surface area contributed by atoms with E-state index in [1.807, 2.05) is 6.07 Å². The monoisotopic (exact) mass is 391 g/mol. The SMILES string of the molecule is CNc1ccc(C(=O)Oc2ccc(NC(=O)c3ccccc3)cc2)cc1[N+](=O)[O-]. The van der Waals surface area contributed by atoms with Gasteiger partial charge >= 0.3 is 5.97 Å². The van der Waals surface area contributed by atoms with Crippen LogP contribution in [0.4, 0.5) is 17.1 Å². The van der Waals surface area contributed by atoms with Crippen molar-refractivity contribution in [2.24, 2.45) is 0 Å². The second kappa shape index (κ2) is 8.66. The number of esters is 1. The highest BCUT2D eigenvalue weighted by molar-refractivity contribution is 6.04. The number of amides is 1. The lowest BCUT2D eigenvalue weighted by Crippen LogP contribution is -2.12. The zero-order valence-electron chi connectivity index (χ0n) is 15.4. The number of carbonyl (C=O) groups excluding carboxylic acids is 2. The lowest BCUT2D eigenvalue weighted by Gasteiger charge is -2.08. The normalized spacial score (nSPS) is 10.1. The first-order valence-electron chi connectivity index (χ1n) is 8.63. The van der Waals surface area contributed by atoms with Gasteiger partial charge in [-0.2, -0.15) is 0 Å². The van der Waals surface area contributed by atoms with Crippen LogP contribution in [0.1, 0.15) is 20.7 Å². The Morgan fingerprint density at radius 1 is 0.931 bits per heavy atom. The predicted octanol–water partition coefficient (Wildman–Crippen LogP) is 4.11. The fourth-order valence-electron chi connectivity index (χ4n) is 2.59. The molecule has 8 heteroatoms. The van der Waals surface area contributed by atoms with Crippen molar-refractivity contribution in [1.29, 1.82) is 0 Å². The number of anilines is 2. The zero-order chi connectivity index (χ0) is 20.8. The number of rotatable bonds is 6. The number of nitrogens with zero attached hydrogens (tertiary/aromatic N) is 1. The number of nitro groups is 1. The molecule has 0 bridgehead atoms. The fraction of sp³-hybridized carbons (Fsp3) is 0.0476. The quantitative estimate of drug-likeness (QED) is 0.283. The molecule has 29 heavy (non-hydrogen) atoms. The molecule has 0 aliphatic heterocycles. The first kappa shape index (κ1) is 19.6. The summed E-state index contributed by atoms with van der Waals surface area (Å²) < 4.78 is 5.26. The van der Waals surface area contributed by atoms with Crippen molar-refractivity contribution in [3.8, 4) is 5.75 Å². The number of ether oxygens (including phenoxy) is 1. The van der Waals surface area contributed by atoms with E-state index < -0.39 is 10.9 Å². The molecule has 0 heterocycles.